The minimum atomic E-state index is -3.64. The van der Waals surface area contributed by atoms with E-state index in [-0.39, 0.29) is 23.3 Å². The lowest BCUT2D eigenvalue weighted by Gasteiger charge is -2.38. The fourth-order valence-electron chi connectivity index (χ4n) is 3.28. The summed E-state index contributed by atoms with van der Waals surface area (Å²) in [6, 6.07) is 5.72. The third kappa shape index (κ3) is 7.92. The number of aliphatic carboxylic acids is 1. The van der Waals surface area contributed by atoms with Crippen LogP contribution in [0.1, 0.15) is 58.2 Å². The van der Waals surface area contributed by atoms with Crippen LogP contribution in [-0.4, -0.2) is 57.2 Å². The number of rotatable bonds is 10. The van der Waals surface area contributed by atoms with E-state index >= 15 is 0 Å². The SMILES string of the molecule is CC(C)c1nc(N(C)S(C)(=O)=O)nc(-c2ccc(F)cc2)c1/C=C/[C@H](CC(=O)O)O[Si](C)(C)C(C)(C)C. The van der Waals surface area contributed by atoms with E-state index in [1.165, 1.54) is 19.2 Å². The standard InChI is InChI=1S/C26H38FN3O5SSi/c1-17(2)23-21(15-14-20(16-22(31)32)35-37(8,9)26(3,4)5)24(18-10-12-19(27)13-11-18)29-25(28-23)30(6)36(7,33)34/h10-15,17,20H,16H2,1-9H3,(H,31,32)/b15-14+/t20-/m1/s1. The molecule has 11 heteroatoms. The van der Waals surface area contributed by atoms with Gasteiger partial charge in [-0.25, -0.2) is 27.1 Å². The van der Waals surface area contributed by atoms with Crippen LogP contribution in [0.3, 0.4) is 0 Å². The van der Waals surface area contributed by atoms with Crippen molar-refractivity contribution in [2.24, 2.45) is 0 Å². The molecule has 0 aliphatic heterocycles. The number of carboxylic acid groups (broad SMARTS) is 1. The van der Waals surface area contributed by atoms with Crippen LogP contribution in [0.15, 0.2) is 30.3 Å². The van der Waals surface area contributed by atoms with E-state index in [0.29, 0.717) is 22.5 Å². The van der Waals surface area contributed by atoms with Crippen molar-refractivity contribution in [3.05, 3.63) is 47.4 Å². The molecule has 0 radical (unpaired) electrons. The van der Waals surface area contributed by atoms with Crippen LogP contribution in [0, 0.1) is 5.82 Å². The maximum Gasteiger partial charge on any atom is 0.306 e. The second-order valence-electron chi connectivity index (χ2n) is 10.9. The Morgan fingerprint density at radius 1 is 1.19 bits per heavy atom. The van der Waals surface area contributed by atoms with Gasteiger partial charge in [0.15, 0.2) is 8.32 Å². The molecule has 1 atom stereocenters. The highest BCUT2D eigenvalue weighted by molar-refractivity contribution is 7.92. The van der Waals surface area contributed by atoms with E-state index in [0.717, 1.165) is 10.6 Å². The number of hydrogen-bond donors (Lipinski definition) is 1. The van der Waals surface area contributed by atoms with Crippen molar-refractivity contribution in [1.82, 2.24) is 9.97 Å². The summed E-state index contributed by atoms with van der Waals surface area (Å²) in [6.07, 6.45) is 3.58. The first-order chi connectivity index (χ1) is 16.8. The van der Waals surface area contributed by atoms with Crippen LogP contribution < -0.4 is 4.31 Å². The van der Waals surface area contributed by atoms with Gasteiger partial charge >= 0.3 is 5.97 Å². The van der Waals surface area contributed by atoms with Crippen molar-refractivity contribution in [3.63, 3.8) is 0 Å². The molecule has 0 spiro atoms. The second kappa shape index (κ2) is 11.4. The number of carboxylic acids is 1. The molecule has 1 aromatic carbocycles. The molecule has 0 amide bonds. The van der Waals surface area contributed by atoms with Gasteiger partial charge in [-0.3, -0.25) is 4.79 Å². The average molecular weight is 552 g/mol. The average Bonchev–Trinajstić information content (AvgIpc) is 2.75. The molecule has 0 aliphatic carbocycles. The minimum absolute atomic E-state index is 0.0118. The Morgan fingerprint density at radius 3 is 2.22 bits per heavy atom. The lowest BCUT2D eigenvalue weighted by molar-refractivity contribution is -0.138. The van der Waals surface area contributed by atoms with Gasteiger partial charge in [-0.15, -0.1) is 0 Å². The van der Waals surface area contributed by atoms with Gasteiger partial charge in [-0.2, -0.15) is 0 Å². The highest BCUT2D eigenvalue weighted by atomic mass is 32.2. The molecule has 0 bridgehead atoms. The van der Waals surface area contributed by atoms with Gasteiger partial charge < -0.3 is 9.53 Å². The molecule has 1 aromatic heterocycles. The molecule has 204 valence electrons. The number of aromatic nitrogens is 2. The highest BCUT2D eigenvalue weighted by Gasteiger charge is 2.39. The Labute approximate surface area is 220 Å². The Hall–Kier alpha value is -2.63. The summed E-state index contributed by atoms with van der Waals surface area (Å²) in [5.74, 6) is -1.55. The van der Waals surface area contributed by atoms with E-state index < -0.39 is 36.2 Å². The number of hydrogen-bond acceptors (Lipinski definition) is 6. The summed E-state index contributed by atoms with van der Waals surface area (Å²) in [6.45, 7) is 14.2. The molecule has 8 nitrogen and oxygen atoms in total. The molecule has 0 saturated heterocycles. The van der Waals surface area contributed by atoms with Crippen LogP contribution in [-0.2, 0) is 19.2 Å². The zero-order chi connectivity index (χ0) is 28.3. The number of anilines is 1. The van der Waals surface area contributed by atoms with Crippen LogP contribution in [0.2, 0.25) is 18.1 Å². The van der Waals surface area contributed by atoms with Gasteiger partial charge in [-0.05, 0) is 48.3 Å². The maximum absolute atomic E-state index is 13.7. The molecular formula is C26H38FN3O5SSi. The van der Waals surface area contributed by atoms with E-state index in [1.54, 1.807) is 24.3 Å². The molecule has 1 heterocycles. The van der Waals surface area contributed by atoms with Crippen LogP contribution in [0.25, 0.3) is 17.3 Å². The lowest BCUT2D eigenvalue weighted by Crippen LogP contribution is -2.44. The number of halogens is 1. The zero-order valence-electron chi connectivity index (χ0n) is 23.0. The fourth-order valence-corrected chi connectivity index (χ4v) is 4.93. The normalized spacial score (nSPS) is 13.8. The van der Waals surface area contributed by atoms with Gasteiger partial charge in [0.2, 0.25) is 16.0 Å². The van der Waals surface area contributed by atoms with Gasteiger partial charge in [0.25, 0.3) is 0 Å². The van der Waals surface area contributed by atoms with E-state index in [9.17, 15) is 22.7 Å². The van der Waals surface area contributed by atoms with Gasteiger partial charge in [0, 0.05) is 18.2 Å². The van der Waals surface area contributed by atoms with Crippen LogP contribution in [0.4, 0.5) is 10.3 Å². The fraction of sp³-hybridized carbons (Fsp3) is 0.500. The molecule has 2 rings (SSSR count). The lowest BCUT2D eigenvalue weighted by atomic mass is 9.97. The summed E-state index contributed by atoms with van der Waals surface area (Å²) in [4.78, 5) is 20.7. The largest absolute Gasteiger partial charge is 0.481 e. The quantitative estimate of drug-likeness (QED) is 0.378. The first kappa shape index (κ1) is 30.6. The highest BCUT2D eigenvalue weighted by Crippen LogP contribution is 2.38. The van der Waals surface area contributed by atoms with Crippen molar-refractivity contribution >= 4 is 36.3 Å². The van der Waals surface area contributed by atoms with Crippen molar-refractivity contribution in [2.75, 3.05) is 17.6 Å². The van der Waals surface area contributed by atoms with Gasteiger partial charge in [0.05, 0.1) is 30.2 Å². The summed E-state index contributed by atoms with van der Waals surface area (Å²) in [5.41, 5.74) is 2.12. The molecular weight excluding hydrogens is 513 g/mol. The van der Waals surface area contributed by atoms with Gasteiger partial charge in [-0.1, -0.05) is 46.8 Å². The van der Waals surface area contributed by atoms with Crippen molar-refractivity contribution in [3.8, 4) is 11.3 Å². The molecule has 0 aliphatic rings. The molecule has 0 saturated carbocycles. The number of sulfonamides is 1. The molecule has 37 heavy (non-hydrogen) atoms. The predicted molar refractivity (Wildman–Crippen MR) is 148 cm³/mol. The molecule has 0 unspecified atom stereocenters. The van der Waals surface area contributed by atoms with Crippen molar-refractivity contribution in [1.29, 1.82) is 0 Å². The third-order valence-electron chi connectivity index (χ3n) is 6.51. The van der Waals surface area contributed by atoms with E-state index in [2.05, 4.69) is 43.8 Å². The Balaban J connectivity index is 2.76. The molecule has 1 N–H and O–H groups in total. The monoisotopic (exact) mass is 551 g/mol. The van der Waals surface area contributed by atoms with Crippen molar-refractivity contribution < 1.29 is 27.1 Å². The van der Waals surface area contributed by atoms with E-state index in [4.69, 9.17) is 4.43 Å². The second-order valence-corrected chi connectivity index (χ2v) is 17.7. The smallest absolute Gasteiger partial charge is 0.306 e. The van der Waals surface area contributed by atoms with Crippen LogP contribution in [0.5, 0.6) is 0 Å². The van der Waals surface area contributed by atoms with Crippen molar-refractivity contribution in [2.45, 2.75) is 71.2 Å². The summed E-state index contributed by atoms with van der Waals surface area (Å²) >= 11 is 0. The van der Waals surface area contributed by atoms with E-state index in [1.807, 2.05) is 13.8 Å². The Morgan fingerprint density at radius 2 is 1.76 bits per heavy atom. The minimum Gasteiger partial charge on any atom is -0.481 e. The maximum atomic E-state index is 13.7. The molecule has 0 fully saturated rings. The summed E-state index contributed by atoms with van der Waals surface area (Å²) < 4.78 is 45.6. The van der Waals surface area contributed by atoms with Gasteiger partial charge in [0.1, 0.15) is 5.82 Å². The Kier molecular flexibility index (Phi) is 9.43. The molecule has 2 aromatic rings. The number of benzene rings is 1. The summed E-state index contributed by atoms with van der Waals surface area (Å²) in [7, 11) is -4.57. The Bertz CT molecular complexity index is 1260. The van der Waals surface area contributed by atoms with Crippen LogP contribution >= 0.6 is 0 Å². The topological polar surface area (TPSA) is 110 Å². The summed E-state index contributed by atoms with van der Waals surface area (Å²) in [5, 5.41) is 9.41. The zero-order valence-corrected chi connectivity index (χ0v) is 24.9. The third-order valence-corrected chi connectivity index (χ3v) is 12.2. The number of carbonyl (C=O) groups is 1. The number of nitrogens with zero attached hydrogens (tertiary/aromatic N) is 3. The first-order valence-corrected chi connectivity index (χ1v) is 16.8. The predicted octanol–water partition coefficient (Wildman–Crippen LogP) is 5.68. The first-order valence-electron chi connectivity index (χ1n) is 12.0.